The van der Waals surface area contributed by atoms with Crippen molar-refractivity contribution in [2.45, 2.75) is 44.4 Å². The first-order valence-corrected chi connectivity index (χ1v) is 10.9. The molecule has 1 aromatic carbocycles. The first kappa shape index (κ1) is 21.5. The fraction of sp³-hybridized carbons (Fsp3) is 0.412. The molecule has 4 atom stereocenters. The number of halogens is 1. The van der Waals surface area contributed by atoms with Crippen LogP contribution in [-0.4, -0.2) is 39.2 Å². The molecule has 1 aromatic heterocycles. The van der Waals surface area contributed by atoms with Crippen LogP contribution in [-0.2, 0) is 20.4 Å². The number of aromatic amines is 1. The molecule has 2 aliphatic heterocycles. The van der Waals surface area contributed by atoms with Crippen LogP contribution in [0.1, 0.15) is 30.2 Å². The van der Waals surface area contributed by atoms with Crippen molar-refractivity contribution in [2.24, 2.45) is 0 Å². The number of ether oxygens (including phenoxy) is 1. The molecule has 2 aromatic rings. The van der Waals surface area contributed by atoms with Crippen LogP contribution in [0.2, 0.25) is 5.02 Å². The molecule has 0 aliphatic carbocycles. The molecule has 30 heavy (non-hydrogen) atoms. The number of hydrogen-bond donors (Lipinski definition) is 3. The molecule has 4 unspecified atom stereocenters. The van der Waals surface area contributed by atoms with Gasteiger partial charge in [0.25, 0.3) is 5.56 Å². The van der Waals surface area contributed by atoms with Gasteiger partial charge in [0.15, 0.2) is 19.3 Å². The Labute approximate surface area is 177 Å². The van der Waals surface area contributed by atoms with Gasteiger partial charge < -0.3 is 9.84 Å². The van der Waals surface area contributed by atoms with Crippen LogP contribution < -0.4 is 15.8 Å². The van der Waals surface area contributed by atoms with E-state index in [0.29, 0.717) is 22.6 Å². The third-order valence-electron chi connectivity index (χ3n) is 4.80. The van der Waals surface area contributed by atoms with E-state index in [1.165, 1.54) is 16.8 Å². The summed E-state index contributed by atoms with van der Waals surface area (Å²) in [5, 5.41) is 11.1. The Morgan fingerprint density at radius 3 is 2.93 bits per heavy atom. The van der Waals surface area contributed by atoms with Gasteiger partial charge in [-0.15, -0.1) is 9.05 Å². The molecule has 4 rings (SSSR count). The molecule has 13 heteroatoms. The van der Waals surface area contributed by atoms with Crippen molar-refractivity contribution in [3.63, 3.8) is 0 Å². The number of nitrogens with zero attached hydrogens (tertiary/aromatic N) is 1. The second kappa shape index (κ2) is 7.76. The molecule has 1 saturated heterocycles. The summed E-state index contributed by atoms with van der Waals surface area (Å²) in [6, 6.07) is 4.72. The predicted octanol–water partition coefficient (Wildman–Crippen LogP) is 1.29. The highest BCUT2D eigenvalue weighted by Gasteiger charge is 2.58. The van der Waals surface area contributed by atoms with Crippen LogP contribution in [0.4, 0.5) is 0 Å². The van der Waals surface area contributed by atoms with E-state index in [0.717, 1.165) is 0 Å². The fourth-order valence-corrected chi connectivity index (χ4v) is 4.82. The average Bonchev–Trinajstić information content (AvgIpc) is 3.15. The molecule has 0 bridgehead atoms. The average molecular weight is 456 g/mol. The molecule has 3 heterocycles. The van der Waals surface area contributed by atoms with E-state index in [-0.39, 0.29) is 18.8 Å². The topological polar surface area (TPSA) is 132 Å². The minimum Gasteiger partial charge on any atom is -0.368 e. The second-order valence-electron chi connectivity index (χ2n) is 7.06. The molecule has 2 radical (unpaired) electrons. The van der Waals surface area contributed by atoms with Crippen molar-refractivity contribution >= 4 is 27.6 Å². The lowest BCUT2D eigenvalue weighted by molar-refractivity contribution is -0.181. The van der Waals surface area contributed by atoms with Gasteiger partial charge in [0, 0.05) is 22.3 Å². The van der Waals surface area contributed by atoms with E-state index in [1.807, 2.05) is 0 Å². The number of aryl methyl sites for hydroxylation is 1. The van der Waals surface area contributed by atoms with Gasteiger partial charge in [0.1, 0.15) is 18.9 Å². The highest BCUT2D eigenvalue weighted by molar-refractivity contribution is 7.56. The maximum Gasteiger partial charge on any atom is 0.621 e. The van der Waals surface area contributed by atoms with E-state index in [2.05, 4.69) is 4.98 Å². The largest absolute Gasteiger partial charge is 0.621 e. The van der Waals surface area contributed by atoms with Crippen LogP contribution >= 0.6 is 19.8 Å². The molecule has 0 saturated carbocycles. The molecule has 10 nitrogen and oxygen atoms in total. The standard InChI is InChI=1S/C17H17BClN2O8P/c1-9-7-21(16(23)20-15(9)22)14-5-4-13(27-14)17(18,24)29-30(25)26-8-10-6-11(19)2-3-12(10)28-30/h2-3,6-7,13-14,24-25H,4-5,8H2,1H3/p+1. The quantitative estimate of drug-likeness (QED) is 0.357. The van der Waals surface area contributed by atoms with Gasteiger partial charge in [-0.05, 0) is 38.0 Å². The lowest BCUT2D eigenvalue weighted by atomic mass is 9.88. The minimum atomic E-state index is -4.01. The van der Waals surface area contributed by atoms with Crippen molar-refractivity contribution in [1.82, 2.24) is 9.55 Å². The maximum absolute atomic E-state index is 12.1. The smallest absolute Gasteiger partial charge is 0.368 e. The van der Waals surface area contributed by atoms with Gasteiger partial charge in [0.05, 0.1) is 0 Å². The number of aromatic nitrogens is 2. The predicted molar refractivity (Wildman–Crippen MR) is 107 cm³/mol. The van der Waals surface area contributed by atoms with Crippen LogP contribution in [0.5, 0.6) is 5.75 Å². The van der Waals surface area contributed by atoms with E-state index in [1.54, 1.807) is 19.1 Å². The number of benzene rings is 1. The zero-order valence-corrected chi connectivity index (χ0v) is 17.4. The van der Waals surface area contributed by atoms with Crippen LogP contribution in [0.15, 0.2) is 34.0 Å². The fourth-order valence-electron chi connectivity index (χ4n) is 3.27. The summed E-state index contributed by atoms with van der Waals surface area (Å²) in [6.07, 6.45) is -0.0290. The summed E-state index contributed by atoms with van der Waals surface area (Å²) in [6.45, 7) is 1.49. The third-order valence-corrected chi connectivity index (χ3v) is 6.44. The summed E-state index contributed by atoms with van der Waals surface area (Å²) >= 11 is 5.92. The lowest BCUT2D eigenvalue weighted by Crippen LogP contribution is -2.46. The number of nitrogens with one attached hydrogen (secondary N) is 1. The Bertz CT molecular complexity index is 1090. The normalized spacial score (nSPS) is 27.9. The molecule has 2 aliphatic rings. The molecule has 1 fully saturated rings. The third kappa shape index (κ3) is 4.20. The van der Waals surface area contributed by atoms with E-state index < -0.39 is 37.4 Å². The molecular formula is C17H18BClN2O8P+. The molecular weight excluding hydrogens is 437 g/mol. The van der Waals surface area contributed by atoms with Crippen molar-refractivity contribution < 1.29 is 28.3 Å². The zero-order chi connectivity index (χ0) is 21.7. The number of fused-ring (bicyclic) bond motifs is 1. The zero-order valence-electron chi connectivity index (χ0n) is 15.8. The summed E-state index contributed by atoms with van der Waals surface area (Å²) < 4.78 is 22.8. The SMILES string of the molecule is [B]C(O)(O[P+]1(O)OCc2cc(Cl)ccc2O1)C1CCC(n2cc(C)c(=O)[nH]c2=O)O1. The summed E-state index contributed by atoms with van der Waals surface area (Å²) in [5.41, 5.74) is -2.70. The Morgan fingerprint density at radius 1 is 1.40 bits per heavy atom. The molecule has 0 spiro atoms. The van der Waals surface area contributed by atoms with Crippen LogP contribution in [0.3, 0.4) is 0 Å². The monoisotopic (exact) mass is 455 g/mol. The Morgan fingerprint density at radius 2 is 2.17 bits per heavy atom. The Balaban J connectivity index is 1.48. The first-order chi connectivity index (χ1) is 14.1. The second-order valence-corrected chi connectivity index (χ2v) is 9.06. The van der Waals surface area contributed by atoms with Crippen molar-refractivity contribution in [2.75, 3.05) is 0 Å². The number of rotatable bonds is 4. The van der Waals surface area contributed by atoms with Gasteiger partial charge in [-0.1, -0.05) is 11.6 Å². The van der Waals surface area contributed by atoms with E-state index in [4.69, 9.17) is 37.8 Å². The van der Waals surface area contributed by atoms with E-state index >= 15 is 0 Å². The van der Waals surface area contributed by atoms with Crippen molar-refractivity contribution in [3.05, 3.63) is 61.4 Å². The highest BCUT2D eigenvalue weighted by Crippen LogP contribution is 2.63. The van der Waals surface area contributed by atoms with Crippen molar-refractivity contribution in [1.29, 1.82) is 0 Å². The van der Waals surface area contributed by atoms with Gasteiger partial charge >= 0.3 is 13.9 Å². The highest BCUT2D eigenvalue weighted by atomic mass is 35.5. The van der Waals surface area contributed by atoms with Gasteiger partial charge in [-0.3, -0.25) is 18.9 Å². The lowest BCUT2D eigenvalue weighted by Gasteiger charge is -2.31. The Hall–Kier alpha value is -1.72. The number of H-pyrrole nitrogens is 1. The molecule has 3 N–H and O–H groups in total. The van der Waals surface area contributed by atoms with E-state index in [9.17, 15) is 19.6 Å². The van der Waals surface area contributed by atoms with Gasteiger partial charge in [-0.2, -0.15) is 4.89 Å². The van der Waals surface area contributed by atoms with Gasteiger partial charge in [-0.25, -0.2) is 4.79 Å². The van der Waals surface area contributed by atoms with Gasteiger partial charge in [0.2, 0.25) is 0 Å². The van der Waals surface area contributed by atoms with Crippen LogP contribution in [0.25, 0.3) is 0 Å². The number of aliphatic hydroxyl groups is 1. The first-order valence-electron chi connectivity index (χ1n) is 9.00. The molecule has 0 amide bonds. The maximum atomic E-state index is 12.1. The summed E-state index contributed by atoms with van der Waals surface area (Å²) in [7, 11) is 1.85. The minimum absolute atomic E-state index is 0.0591. The number of hydrogen-bond acceptors (Lipinski definition) is 8. The van der Waals surface area contributed by atoms with Crippen molar-refractivity contribution in [3.8, 4) is 5.75 Å². The summed E-state index contributed by atoms with van der Waals surface area (Å²) in [5.74, 6) is 0.290. The van der Waals surface area contributed by atoms with Crippen LogP contribution in [0, 0.1) is 6.92 Å². The molecule has 158 valence electrons. The Kier molecular flexibility index (Phi) is 5.57. The summed E-state index contributed by atoms with van der Waals surface area (Å²) in [4.78, 5) is 36.4.